The maximum Gasteiger partial charge on any atom is 0.255 e. The van der Waals surface area contributed by atoms with Crippen LogP contribution in [0.25, 0.3) is 11.2 Å². The Morgan fingerprint density at radius 1 is 1.38 bits per heavy atom. The molecule has 11 nitrogen and oxygen atoms in total. The van der Waals surface area contributed by atoms with E-state index in [2.05, 4.69) is 36.6 Å². The molecule has 1 fully saturated rings. The Morgan fingerprint density at radius 3 is 2.88 bits per heavy atom. The second-order valence-corrected chi connectivity index (χ2v) is 7.44. The van der Waals surface area contributed by atoms with Crippen molar-refractivity contribution >= 4 is 34.4 Å². The van der Waals surface area contributed by atoms with E-state index in [1.807, 2.05) is 0 Å². The topological polar surface area (TPSA) is 164 Å². The van der Waals surface area contributed by atoms with Gasteiger partial charge >= 0.3 is 0 Å². The Morgan fingerprint density at radius 2 is 2.16 bits per heavy atom. The van der Waals surface area contributed by atoms with Crippen LogP contribution in [0, 0.1) is 22.7 Å². The standard InChI is InChI=1S/C21H21N9O2/c1-11(21(32)30-9-12(6-22)10-30)28-20(31)13-7-26-19-17(13)29-15(8-27-19)16(23)18-14(24-2)4-3-5-25-18/h3-5,7-8,11-12,23-24H,9-10H2,1-2H3,(H,26,27)(H,28,31)/t11-/m1/s1. The summed E-state index contributed by atoms with van der Waals surface area (Å²) in [5, 5.41) is 23.0. The first-order chi connectivity index (χ1) is 15.4. The van der Waals surface area contributed by atoms with E-state index >= 15 is 0 Å². The number of aromatic amines is 1. The molecule has 3 aromatic rings. The average Bonchev–Trinajstić information content (AvgIpc) is 3.21. The third-order valence-corrected chi connectivity index (χ3v) is 5.29. The number of amides is 2. The summed E-state index contributed by atoms with van der Waals surface area (Å²) in [5.41, 5.74) is 2.30. The number of pyridine rings is 1. The Bertz CT molecular complexity index is 1250. The lowest BCUT2D eigenvalue weighted by Gasteiger charge is -2.37. The minimum Gasteiger partial charge on any atom is -0.386 e. The number of H-pyrrole nitrogens is 1. The number of aromatic nitrogens is 4. The van der Waals surface area contributed by atoms with Gasteiger partial charge in [-0.1, -0.05) is 0 Å². The van der Waals surface area contributed by atoms with Crippen LogP contribution in [0.3, 0.4) is 0 Å². The van der Waals surface area contributed by atoms with E-state index in [0.717, 1.165) is 0 Å². The molecule has 4 heterocycles. The number of hydrogen-bond acceptors (Lipinski definition) is 8. The fourth-order valence-electron chi connectivity index (χ4n) is 3.46. The molecule has 32 heavy (non-hydrogen) atoms. The lowest BCUT2D eigenvalue weighted by molar-refractivity contribution is -0.137. The first-order valence-electron chi connectivity index (χ1n) is 9.98. The van der Waals surface area contributed by atoms with Gasteiger partial charge in [0, 0.05) is 32.5 Å². The number of nitriles is 1. The molecule has 0 spiro atoms. The molecule has 3 aromatic heterocycles. The summed E-state index contributed by atoms with van der Waals surface area (Å²) in [7, 11) is 1.74. The van der Waals surface area contributed by atoms with Gasteiger partial charge in [-0.15, -0.1) is 0 Å². The van der Waals surface area contributed by atoms with Gasteiger partial charge in [0.05, 0.1) is 29.4 Å². The fourth-order valence-corrected chi connectivity index (χ4v) is 3.46. The molecule has 4 rings (SSSR count). The molecule has 2 amide bonds. The molecule has 11 heteroatoms. The Balaban J connectivity index is 1.55. The predicted molar refractivity (Wildman–Crippen MR) is 116 cm³/mol. The van der Waals surface area contributed by atoms with Gasteiger partial charge in [-0.3, -0.25) is 20.0 Å². The smallest absolute Gasteiger partial charge is 0.255 e. The molecular weight excluding hydrogens is 410 g/mol. The normalized spacial score (nSPS) is 14.3. The first kappa shape index (κ1) is 20.9. The summed E-state index contributed by atoms with van der Waals surface area (Å²) in [4.78, 5) is 42.7. The second-order valence-electron chi connectivity index (χ2n) is 7.44. The van der Waals surface area contributed by atoms with Crippen molar-refractivity contribution in [2.45, 2.75) is 13.0 Å². The number of nitrogens with zero attached hydrogens (tertiary/aromatic N) is 5. The number of carbonyl (C=O) groups excluding carboxylic acids is 2. The van der Waals surface area contributed by atoms with E-state index in [-0.39, 0.29) is 28.8 Å². The van der Waals surface area contributed by atoms with Crippen LogP contribution in [0.2, 0.25) is 0 Å². The van der Waals surface area contributed by atoms with Crippen LogP contribution < -0.4 is 10.6 Å². The number of fused-ring (bicyclic) bond motifs is 1. The van der Waals surface area contributed by atoms with Crippen LogP contribution in [0.4, 0.5) is 5.69 Å². The summed E-state index contributed by atoms with van der Waals surface area (Å²) in [5.74, 6) is -0.879. The van der Waals surface area contributed by atoms with Crippen molar-refractivity contribution in [1.82, 2.24) is 30.2 Å². The van der Waals surface area contributed by atoms with Crippen LogP contribution in [0.15, 0.2) is 30.7 Å². The highest BCUT2D eigenvalue weighted by Crippen LogP contribution is 2.19. The molecule has 0 bridgehead atoms. The van der Waals surface area contributed by atoms with Crippen LogP contribution >= 0.6 is 0 Å². The third-order valence-electron chi connectivity index (χ3n) is 5.29. The van der Waals surface area contributed by atoms with Crippen molar-refractivity contribution in [2.75, 3.05) is 25.5 Å². The van der Waals surface area contributed by atoms with Crippen LogP contribution in [-0.4, -0.2) is 68.5 Å². The molecule has 0 saturated carbocycles. The summed E-state index contributed by atoms with van der Waals surface area (Å²) < 4.78 is 0. The highest BCUT2D eigenvalue weighted by atomic mass is 16.2. The van der Waals surface area contributed by atoms with E-state index in [1.54, 1.807) is 37.2 Å². The number of carbonyl (C=O) groups is 2. The van der Waals surface area contributed by atoms with E-state index in [4.69, 9.17) is 10.7 Å². The van der Waals surface area contributed by atoms with Crippen molar-refractivity contribution in [3.8, 4) is 6.07 Å². The van der Waals surface area contributed by atoms with Crippen molar-refractivity contribution in [3.05, 3.63) is 47.7 Å². The monoisotopic (exact) mass is 431 g/mol. The zero-order chi connectivity index (χ0) is 22.8. The molecule has 0 radical (unpaired) electrons. The molecule has 1 atom stereocenters. The van der Waals surface area contributed by atoms with Gasteiger partial charge in [-0.2, -0.15) is 5.26 Å². The first-order valence-corrected chi connectivity index (χ1v) is 9.98. The zero-order valence-corrected chi connectivity index (χ0v) is 17.5. The predicted octanol–water partition coefficient (Wildman–Crippen LogP) is 0.911. The molecule has 1 saturated heterocycles. The lowest BCUT2D eigenvalue weighted by Crippen LogP contribution is -2.55. The van der Waals surface area contributed by atoms with Gasteiger partial charge in [-0.25, -0.2) is 9.97 Å². The maximum atomic E-state index is 12.8. The number of anilines is 1. The van der Waals surface area contributed by atoms with Gasteiger partial charge in [0.25, 0.3) is 5.91 Å². The number of likely N-dealkylation sites (tertiary alicyclic amines) is 1. The SMILES string of the molecule is CNc1cccnc1C(=N)c1cnc2[nH]cc(C(=O)N[C@H](C)C(=O)N3CC(C#N)C3)c2n1. The van der Waals surface area contributed by atoms with E-state index in [9.17, 15) is 9.59 Å². The van der Waals surface area contributed by atoms with Gasteiger partial charge in [0.1, 0.15) is 28.7 Å². The Kier molecular flexibility index (Phi) is 5.51. The van der Waals surface area contributed by atoms with Crippen LogP contribution in [-0.2, 0) is 4.79 Å². The third kappa shape index (κ3) is 3.74. The zero-order valence-electron chi connectivity index (χ0n) is 17.5. The van der Waals surface area contributed by atoms with Crippen LogP contribution in [0.5, 0.6) is 0 Å². The van der Waals surface area contributed by atoms with E-state index in [0.29, 0.717) is 35.6 Å². The minimum absolute atomic E-state index is 0.0604. The number of hydrogen-bond donors (Lipinski definition) is 4. The molecule has 1 aliphatic heterocycles. The molecule has 1 aliphatic rings. The van der Waals surface area contributed by atoms with Gasteiger partial charge < -0.3 is 20.5 Å². The lowest BCUT2D eigenvalue weighted by atomic mass is 10.0. The van der Waals surface area contributed by atoms with Gasteiger partial charge in [0.2, 0.25) is 5.91 Å². The number of nitrogens with one attached hydrogen (secondary N) is 4. The Labute approximate surface area is 183 Å². The molecular formula is C21H21N9O2. The highest BCUT2D eigenvalue weighted by Gasteiger charge is 2.33. The largest absolute Gasteiger partial charge is 0.386 e. The van der Waals surface area contributed by atoms with Gasteiger partial charge in [0.15, 0.2) is 5.65 Å². The highest BCUT2D eigenvalue weighted by molar-refractivity contribution is 6.13. The fraction of sp³-hybridized carbons (Fsp3) is 0.286. The number of rotatable bonds is 6. The molecule has 162 valence electrons. The van der Waals surface area contributed by atoms with Crippen molar-refractivity contribution in [1.29, 1.82) is 10.7 Å². The molecule has 0 aliphatic carbocycles. The molecule has 0 unspecified atom stereocenters. The van der Waals surface area contributed by atoms with Crippen molar-refractivity contribution < 1.29 is 9.59 Å². The van der Waals surface area contributed by atoms with E-state index in [1.165, 1.54) is 12.4 Å². The molecule has 0 aromatic carbocycles. The van der Waals surface area contributed by atoms with Crippen molar-refractivity contribution in [2.24, 2.45) is 5.92 Å². The summed E-state index contributed by atoms with van der Waals surface area (Å²) >= 11 is 0. The van der Waals surface area contributed by atoms with E-state index < -0.39 is 11.9 Å². The molecule has 4 N–H and O–H groups in total. The maximum absolute atomic E-state index is 12.8. The summed E-state index contributed by atoms with van der Waals surface area (Å²) in [6.45, 7) is 2.35. The average molecular weight is 431 g/mol. The summed E-state index contributed by atoms with van der Waals surface area (Å²) in [6, 6.07) is 4.92. The second kappa shape index (κ2) is 8.43. The minimum atomic E-state index is -0.756. The summed E-state index contributed by atoms with van der Waals surface area (Å²) in [6.07, 6.45) is 4.50. The van der Waals surface area contributed by atoms with Crippen LogP contribution in [0.1, 0.15) is 28.7 Å². The Hall–Kier alpha value is -4.33. The van der Waals surface area contributed by atoms with Gasteiger partial charge in [-0.05, 0) is 19.1 Å². The van der Waals surface area contributed by atoms with Crippen molar-refractivity contribution in [3.63, 3.8) is 0 Å². The quantitative estimate of drug-likeness (QED) is 0.421.